The van der Waals surface area contributed by atoms with Crippen molar-refractivity contribution in [2.75, 3.05) is 6.61 Å². The van der Waals surface area contributed by atoms with Gasteiger partial charge in [0.05, 0.1) is 6.61 Å². The Kier molecular flexibility index (Phi) is 7.18. The first-order valence-electron chi connectivity index (χ1n) is 10.3. The Bertz CT molecular complexity index is 870. The van der Waals surface area contributed by atoms with Gasteiger partial charge in [0, 0.05) is 12.0 Å². The fraction of sp³-hybridized carbons (Fsp3) is 0.360. The summed E-state index contributed by atoms with van der Waals surface area (Å²) in [6.45, 7) is 2.83. The average molecular weight is 400 g/mol. The van der Waals surface area contributed by atoms with E-state index in [4.69, 9.17) is 4.74 Å². The van der Waals surface area contributed by atoms with Crippen molar-refractivity contribution >= 4 is 5.57 Å². The number of halogens is 3. The maximum Gasteiger partial charge on any atom is 0.165 e. The number of hydrogen-bond acceptors (Lipinski definition) is 1. The summed E-state index contributed by atoms with van der Waals surface area (Å²) in [6, 6.07) is 10.4. The Hall–Kier alpha value is -2.49. The summed E-state index contributed by atoms with van der Waals surface area (Å²) in [4.78, 5) is 0. The topological polar surface area (TPSA) is 9.23 Å². The van der Waals surface area contributed by atoms with E-state index in [0.717, 1.165) is 25.0 Å². The molecule has 0 aliphatic heterocycles. The standard InChI is InChI=1S/C25H27F3O/c1-2-3-4-5-8-17-29-21-13-11-20(12-14-21)25(28)16-7-6-9-22(25)19-10-15-23(26)24(27)18-19/h6-7,9-15,18H,2-5,8,16-17H2,1H3. The summed E-state index contributed by atoms with van der Waals surface area (Å²) in [5, 5.41) is 0. The molecule has 0 N–H and O–H groups in total. The second kappa shape index (κ2) is 9.82. The molecule has 2 aromatic rings. The molecule has 3 rings (SSSR count). The van der Waals surface area contributed by atoms with Crippen LogP contribution in [0.5, 0.6) is 5.75 Å². The van der Waals surface area contributed by atoms with Gasteiger partial charge in [0.2, 0.25) is 0 Å². The Morgan fingerprint density at radius 3 is 2.41 bits per heavy atom. The van der Waals surface area contributed by atoms with Crippen molar-refractivity contribution in [3.05, 3.63) is 83.5 Å². The number of hydrogen-bond donors (Lipinski definition) is 0. The van der Waals surface area contributed by atoms with Gasteiger partial charge in [-0.3, -0.25) is 0 Å². The smallest absolute Gasteiger partial charge is 0.165 e. The SMILES string of the molecule is CCCCCCCOc1ccc(C2(F)CC=CC=C2c2ccc(F)c(F)c2)cc1. The summed E-state index contributed by atoms with van der Waals surface area (Å²) in [5.74, 6) is -1.22. The van der Waals surface area contributed by atoms with Gasteiger partial charge < -0.3 is 4.74 Å². The molecule has 1 aliphatic carbocycles. The molecular formula is C25H27F3O. The largest absolute Gasteiger partial charge is 0.494 e. The molecule has 1 unspecified atom stereocenters. The minimum absolute atomic E-state index is 0.134. The third kappa shape index (κ3) is 5.11. The predicted octanol–water partition coefficient (Wildman–Crippen LogP) is 7.52. The number of benzene rings is 2. The van der Waals surface area contributed by atoms with E-state index in [9.17, 15) is 8.78 Å². The molecule has 0 aromatic heterocycles. The molecule has 0 saturated carbocycles. The fourth-order valence-electron chi connectivity index (χ4n) is 3.61. The van der Waals surface area contributed by atoms with Gasteiger partial charge >= 0.3 is 0 Å². The van der Waals surface area contributed by atoms with Crippen LogP contribution in [0.1, 0.15) is 56.6 Å². The van der Waals surface area contributed by atoms with E-state index in [0.29, 0.717) is 29.1 Å². The Balaban J connectivity index is 1.71. The number of ether oxygens (including phenoxy) is 1. The molecule has 0 heterocycles. The van der Waals surface area contributed by atoms with E-state index >= 15 is 4.39 Å². The van der Waals surface area contributed by atoms with Crippen LogP contribution in [0.2, 0.25) is 0 Å². The van der Waals surface area contributed by atoms with Crippen molar-refractivity contribution in [1.29, 1.82) is 0 Å². The third-order valence-electron chi connectivity index (χ3n) is 5.28. The zero-order valence-corrected chi connectivity index (χ0v) is 16.8. The lowest BCUT2D eigenvalue weighted by molar-refractivity contribution is 0.249. The van der Waals surface area contributed by atoms with Crippen LogP contribution in [0.4, 0.5) is 13.2 Å². The zero-order chi connectivity index (χ0) is 20.7. The minimum Gasteiger partial charge on any atom is -0.494 e. The summed E-state index contributed by atoms with van der Waals surface area (Å²) in [5.41, 5.74) is -0.683. The Morgan fingerprint density at radius 1 is 0.931 bits per heavy atom. The number of unbranched alkanes of at least 4 members (excludes halogenated alkanes) is 4. The Labute approximate surface area is 170 Å². The summed E-state index contributed by atoms with van der Waals surface area (Å²) in [6.07, 6.45) is 11.1. The van der Waals surface area contributed by atoms with Crippen molar-refractivity contribution < 1.29 is 17.9 Å². The second-order valence-electron chi connectivity index (χ2n) is 7.43. The summed E-state index contributed by atoms with van der Waals surface area (Å²) >= 11 is 0. The van der Waals surface area contributed by atoms with Crippen LogP contribution in [-0.4, -0.2) is 6.61 Å². The van der Waals surface area contributed by atoms with Gasteiger partial charge in [-0.1, -0.05) is 69.0 Å². The molecule has 2 aromatic carbocycles. The molecule has 0 amide bonds. The summed E-state index contributed by atoms with van der Waals surface area (Å²) in [7, 11) is 0. The molecule has 1 aliphatic rings. The van der Waals surface area contributed by atoms with Crippen molar-refractivity contribution in [1.82, 2.24) is 0 Å². The molecule has 0 radical (unpaired) electrons. The van der Waals surface area contributed by atoms with Crippen LogP contribution in [0, 0.1) is 11.6 Å². The molecule has 0 spiro atoms. The first-order valence-corrected chi connectivity index (χ1v) is 10.3. The minimum atomic E-state index is -1.81. The van der Waals surface area contributed by atoms with Gasteiger partial charge in [-0.2, -0.15) is 0 Å². The first-order chi connectivity index (χ1) is 14.0. The third-order valence-corrected chi connectivity index (χ3v) is 5.28. The van der Waals surface area contributed by atoms with Gasteiger partial charge in [-0.15, -0.1) is 0 Å². The average Bonchev–Trinajstić information content (AvgIpc) is 2.73. The molecule has 1 atom stereocenters. The van der Waals surface area contributed by atoms with Crippen LogP contribution in [0.3, 0.4) is 0 Å². The van der Waals surface area contributed by atoms with Gasteiger partial charge in [0.15, 0.2) is 17.3 Å². The molecule has 29 heavy (non-hydrogen) atoms. The number of allylic oxidation sites excluding steroid dienone is 4. The van der Waals surface area contributed by atoms with Crippen LogP contribution >= 0.6 is 0 Å². The van der Waals surface area contributed by atoms with E-state index in [1.807, 2.05) is 0 Å². The van der Waals surface area contributed by atoms with Crippen molar-refractivity contribution in [3.8, 4) is 5.75 Å². The molecule has 0 fully saturated rings. The number of alkyl halides is 1. The monoisotopic (exact) mass is 400 g/mol. The lowest BCUT2D eigenvalue weighted by Crippen LogP contribution is -2.23. The summed E-state index contributed by atoms with van der Waals surface area (Å²) < 4.78 is 48.8. The highest BCUT2D eigenvalue weighted by Gasteiger charge is 2.37. The van der Waals surface area contributed by atoms with E-state index in [2.05, 4.69) is 6.92 Å². The van der Waals surface area contributed by atoms with Gasteiger partial charge in [0.25, 0.3) is 0 Å². The molecule has 1 nitrogen and oxygen atoms in total. The van der Waals surface area contributed by atoms with Gasteiger partial charge in [0.1, 0.15) is 5.75 Å². The van der Waals surface area contributed by atoms with Crippen LogP contribution < -0.4 is 4.74 Å². The first kappa shape index (κ1) is 21.2. The Morgan fingerprint density at radius 2 is 1.69 bits per heavy atom. The van der Waals surface area contributed by atoms with Gasteiger partial charge in [-0.05, 0) is 41.8 Å². The van der Waals surface area contributed by atoms with Crippen molar-refractivity contribution in [2.45, 2.75) is 51.1 Å². The van der Waals surface area contributed by atoms with E-state index in [1.165, 1.54) is 25.3 Å². The van der Waals surface area contributed by atoms with Crippen LogP contribution in [-0.2, 0) is 5.67 Å². The maximum atomic E-state index is 16.1. The number of rotatable bonds is 9. The van der Waals surface area contributed by atoms with Gasteiger partial charge in [-0.25, -0.2) is 13.2 Å². The highest BCUT2D eigenvalue weighted by molar-refractivity contribution is 5.76. The molecule has 154 valence electrons. The van der Waals surface area contributed by atoms with E-state index in [1.54, 1.807) is 42.5 Å². The fourth-order valence-corrected chi connectivity index (χ4v) is 3.61. The molecule has 0 saturated heterocycles. The van der Waals surface area contributed by atoms with E-state index < -0.39 is 17.3 Å². The van der Waals surface area contributed by atoms with Crippen molar-refractivity contribution in [2.24, 2.45) is 0 Å². The molecular weight excluding hydrogens is 373 g/mol. The van der Waals surface area contributed by atoms with E-state index in [-0.39, 0.29) is 6.42 Å². The highest BCUT2D eigenvalue weighted by Crippen LogP contribution is 2.45. The molecule has 4 heteroatoms. The maximum absolute atomic E-state index is 16.1. The van der Waals surface area contributed by atoms with Crippen LogP contribution in [0.15, 0.2) is 60.7 Å². The van der Waals surface area contributed by atoms with Crippen LogP contribution in [0.25, 0.3) is 5.57 Å². The highest BCUT2D eigenvalue weighted by atomic mass is 19.2. The quantitative estimate of drug-likeness (QED) is 0.396. The second-order valence-corrected chi connectivity index (χ2v) is 7.43. The lowest BCUT2D eigenvalue weighted by atomic mass is 9.79. The van der Waals surface area contributed by atoms with Crippen molar-refractivity contribution in [3.63, 3.8) is 0 Å². The molecule has 0 bridgehead atoms. The zero-order valence-electron chi connectivity index (χ0n) is 16.8. The lowest BCUT2D eigenvalue weighted by Gasteiger charge is -2.30. The predicted molar refractivity (Wildman–Crippen MR) is 112 cm³/mol. The normalized spacial score (nSPS) is 18.6.